The molecule has 0 fully saturated rings. The van der Waals surface area contributed by atoms with Crippen LogP contribution in [0.15, 0.2) is 22.7 Å². The summed E-state index contributed by atoms with van der Waals surface area (Å²) < 4.78 is 6.52. The van der Waals surface area contributed by atoms with Crippen molar-refractivity contribution in [1.82, 2.24) is 0 Å². The van der Waals surface area contributed by atoms with Crippen LogP contribution >= 0.6 is 28.1 Å². The summed E-state index contributed by atoms with van der Waals surface area (Å²) in [5.74, 6) is 0. The normalized spacial score (nSPS) is 10.4. The van der Waals surface area contributed by atoms with Crippen molar-refractivity contribution in [3.63, 3.8) is 0 Å². The lowest BCUT2D eigenvalue weighted by Gasteiger charge is -2.12. The Balaban J connectivity index is 2.36. The summed E-state index contributed by atoms with van der Waals surface area (Å²) in [5.41, 5.74) is 7.55. The van der Waals surface area contributed by atoms with Crippen molar-refractivity contribution in [2.75, 3.05) is 25.1 Å². The molecule has 5 heteroatoms. The summed E-state index contributed by atoms with van der Waals surface area (Å²) in [5, 5.41) is 3.35. The number of anilines is 1. The maximum atomic E-state index is 5.70. The van der Waals surface area contributed by atoms with Crippen LogP contribution in [-0.4, -0.2) is 24.7 Å². The predicted octanol–water partition coefficient (Wildman–Crippen LogP) is 3.70. The lowest BCUT2D eigenvalue weighted by atomic mass is 10.2. The number of rotatable bonds is 9. The van der Waals surface area contributed by atoms with Crippen molar-refractivity contribution in [3.8, 4) is 0 Å². The average Bonchev–Trinajstić information content (AvgIpc) is 2.37. The summed E-state index contributed by atoms with van der Waals surface area (Å²) in [7, 11) is 0. The molecule has 1 aromatic carbocycles. The maximum Gasteiger partial charge on any atom is 0.106 e. The summed E-state index contributed by atoms with van der Waals surface area (Å²) in [6.45, 7) is 4.64. The summed E-state index contributed by atoms with van der Waals surface area (Å²) in [6.07, 6.45) is 3.27. The Kier molecular flexibility index (Phi) is 8.02. The third-order valence-electron chi connectivity index (χ3n) is 2.67. The van der Waals surface area contributed by atoms with Crippen LogP contribution in [0.5, 0.6) is 0 Å². The van der Waals surface area contributed by atoms with Gasteiger partial charge in [-0.05, 0) is 31.0 Å². The number of nitrogens with two attached hydrogens (primary N) is 1. The van der Waals surface area contributed by atoms with E-state index in [1.54, 1.807) is 0 Å². The molecule has 0 saturated carbocycles. The highest BCUT2D eigenvalue weighted by Gasteiger charge is 2.05. The van der Waals surface area contributed by atoms with Crippen molar-refractivity contribution >= 4 is 38.8 Å². The van der Waals surface area contributed by atoms with Crippen LogP contribution in [0, 0.1) is 0 Å². The van der Waals surface area contributed by atoms with Crippen LogP contribution in [0.25, 0.3) is 0 Å². The Bertz CT molecular complexity index is 412. The Morgan fingerprint density at radius 1 is 1.37 bits per heavy atom. The molecule has 1 rings (SSSR count). The highest BCUT2D eigenvalue weighted by atomic mass is 79.9. The van der Waals surface area contributed by atoms with E-state index in [9.17, 15) is 0 Å². The molecule has 0 heterocycles. The molecular formula is C14H21BrN2OS. The zero-order valence-corrected chi connectivity index (χ0v) is 13.6. The SMILES string of the molecule is CCCCOCCCNc1cc(Br)ccc1C(N)=S. The molecule has 0 radical (unpaired) electrons. The number of halogens is 1. The molecule has 0 aliphatic rings. The molecule has 0 amide bonds. The van der Waals surface area contributed by atoms with Crippen LogP contribution in [0.3, 0.4) is 0 Å². The fourth-order valence-electron chi connectivity index (χ4n) is 1.62. The zero-order valence-electron chi connectivity index (χ0n) is 11.2. The van der Waals surface area contributed by atoms with Crippen molar-refractivity contribution < 1.29 is 4.74 Å². The minimum Gasteiger partial charge on any atom is -0.389 e. The number of hydrogen-bond donors (Lipinski definition) is 2. The molecule has 0 atom stereocenters. The molecule has 106 valence electrons. The van der Waals surface area contributed by atoms with Crippen molar-refractivity contribution in [1.29, 1.82) is 0 Å². The standard InChI is InChI=1S/C14H21BrN2OS/c1-2-3-8-18-9-4-7-17-13-10-11(15)5-6-12(13)14(16)19/h5-6,10,17H,2-4,7-9H2,1H3,(H2,16,19). The smallest absolute Gasteiger partial charge is 0.106 e. The highest BCUT2D eigenvalue weighted by molar-refractivity contribution is 9.10. The predicted molar refractivity (Wildman–Crippen MR) is 88.9 cm³/mol. The van der Waals surface area contributed by atoms with E-state index in [0.717, 1.165) is 48.3 Å². The van der Waals surface area contributed by atoms with E-state index in [4.69, 9.17) is 22.7 Å². The van der Waals surface area contributed by atoms with Gasteiger partial charge in [-0.25, -0.2) is 0 Å². The molecule has 0 saturated heterocycles. The molecule has 0 aliphatic carbocycles. The largest absolute Gasteiger partial charge is 0.389 e. The molecule has 3 nitrogen and oxygen atoms in total. The molecule has 0 spiro atoms. The Morgan fingerprint density at radius 3 is 2.79 bits per heavy atom. The van der Waals surface area contributed by atoms with Gasteiger partial charge >= 0.3 is 0 Å². The van der Waals surface area contributed by atoms with Crippen LogP contribution in [0.2, 0.25) is 0 Å². The second kappa shape index (κ2) is 9.28. The second-order valence-electron chi connectivity index (χ2n) is 4.30. The molecule has 0 aliphatic heterocycles. The molecule has 3 N–H and O–H groups in total. The van der Waals surface area contributed by atoms with Gasteiger partial charge in [0, 0.05) is 35.5 Å². The molecule has 0 unspecified atom stereocenters. The van der Waals surface area contributed by atoms with Gasteiger partial charge in [0.1, 0.15) is 4.99 Å². The minimum absolute atomic E-state index is 0.411. The topological polar surface area (TPSA) is 47.3 Å². The monoisotopic (exact) mass is 344 g/mol. The summed E-state index contributed by atoms with van der Waals surface area (Å²) >= 11 is 8.49. The number of nitrogens with one attached hydrogen (secondary N) is 1. The molecule has 0 bridgehead atoms. The van der Waals surface area contributed by atoms with E-state index >= 15 is 0 Å². The van der Waals surface area contributed by atoms with Gasteiger partial charge in [-0.3, -0.25) is 0 Å². The Morgan fingerprint density at radius 2 is 2.11 bits per heavy atom. The molecule has 19 heavy (non-hydrogen) atoms. The number of thiocarbonyl (C=S) groups is 1. The van der Waals surface area contributed by atoms with Crippen molar-refractivity contribution in [2.24, 2.45) is 5.73 Å². The third kappa shape index (κ3) is 6.36. The van der Waals surface area contributed by atoms with Gasteiger partial charge in [0.25, 0.3) is 0 Å². The first-order valence-corrected chi connectivity index (χ1v) is 7.76. The van der Waals surface area contributed by atoms with E-state index in [1.807, 2.05) is 18.2 Å². The van der Waals surface area contributed by atoms with Gasteiger partial charge in [0.2, 0.25) is 0 Å². The fourth-order valence-corrected chi connectivity index (χ4v) is 2.16. The van der Waals surface area contributed by atoms with Crippen molar-refractivity contribution in [2.45, 2.75) is 26.2 Å². The number of ether oxygens (including phenoxy) is 1. The van der Waals surface area contributed by atoms with Gasteiger partial charge < -0.3 is 15.8 Å². The first-order chi connectivity index (χ1) is 9.15. The van der Waals surface area contributed by atoms with Gasteiger partial charge in [-0.15, -0.1) is 0 Å². The van der Waals surface area contributed by atoms with E-state index in [-0.39, 0.29) is 0 Å². The molecule has 1 aromatic rings. The van der Waals surface area contributed by atoms with Crippen LogP contribution < -0.4 is 11.1 Å². The van der Waals surface area contributed by atoms with E-state index in [0.29, 0.717) is 4.99 Å². The van der Waals surface area contributed by atoms with E-state index < -0.39 is 0 Å². The Labute approximate surface area is 129 Å². The Hall–Kier alpha value is -0.650. The lowest BCUT2D eigenvalue weighted by molar-refractivity contribution is 0.131. The van der Waals surface area contributed by atoms with Gasteiger partial charge in [-0.2, -0.15) is 0 Å². The number of benzene rings is 1. The van der Waals surface area contributed by atoms with Crippen molar-refractivity contribution in [3.05, 3.63) is 28.2 Å². The quantitative estimate of drug-likeness (QED) is 0.529. The highest BCUT2D eigenvalue weighted by Crippen LogP contribution is 2.21. The second-order valence-corrected chi connectivity index (χ2v) is 5.66. The van der Waals surface area contributed by atoms with Crippen LogP contribution in [0.4, 0.5) is 5.69 Å². The summed E-state index contributed by atoms with van der Waals surface area (Å²) in [6, 6.07) is 5.85. The maximum absolute atomic E-state index is 5.70. The summed E-state index contributed by atoms with van der Waals surface area (Å²) in [4.78, 5) is 0.411. The van der Waals surface area contributed by atoms with Crippen LogP contribution in [0.1, 0.15) is 31.7 Å². The van der Waals surface area contributed by atoms with E-state index in [1.165, 1.54) is 6.42 Å². The number of unbranched alkanes of at least 4 members (excludes halogenated alkanes) is 1. The first kappa shape index (κ1) is 16.4. The third-order valence-corrected chi connectivity index (χ3v) is 3.38. The first-order valence-electron chi connectivity index (χ1n) is 6.56. The van der Waals surface area contributed by atoms with Gasteiger partial charge in [0.05, 0.1) is 0 Å². The average molecular weight is 345 g/mol. The fraction of sp³-hybridized carbons (Fsp3) is 0.500. The van der Waals surface area contributed by atoms with E-state index in [2.05, 4.69) is 28.2 Å². The zero-order chi connectivity index (χ0) is 14.1. The van der Waals surface area contributed by atoms with Gasteiger partial charge in [-0.1, -0.05) is 41.5 Å². The van der Waals surface area contributed by atoms with Gasteiger partial charge in [0.15, 0.2) is 0 Å². The van der Waals surface area contributed by atoms with Crippen LogP contribution in [-0.2, 0) is 4.74 Å². The molecule has 0 aromatic heterocycles. The minimum atomic E-state index is 0.411. The lowest BCUT2D eigenvalue weighted by Crippen LogP contribution is -2.14. The molecular weight excluding hydrogens is 324 g/mol. The number of hydrogen-bond acceptors (Lipinski definition) is 3.